The van der Waals surface area contributed by atoms with Gasteiger partial charge in [0.15, 0.2) is 0 Å². The monoisotopic (exact) mass is 614 g/mol. The van der Waals surface area contributed by atoms with E-state index in [1.54, 1.807) is 31.3 Å². The number of para-hydroxylation sites is 1. The van der Waals surface area contributed by atoms with E-state index < -0.39 is 29.8 Å². The van der Waals surface area contributed by atoms with Crippen LogP contribution in [0.25, 0.3) is 0 Å². The quantitative estimate of drug-likeness (QED) is 0.334. The molecule has 0 saturated carbocycles. The molecule has 10 heteroatoms. The van der Waals surface area contributed by atoms with Crippen LogP contribution in [0.4, 0.5) is 0 Å². The Bertz CT molecular complexity index is 1440. The molecule has 0 saturated heterocycles. The summed E-state index contributed by atoms with van der Waals surface area (Å²) in [7, 11) is 1.65. The minimum atomic E-state index is -1.02. The van der Waals surface area contributed by atoms with Gasteiger partial charge in [0.05, 0.1) is 18.7 Å². The zero-order valence-corrected chi connectivity index (χ0v) is 26.1. The number of amides is 4. The molecule has 0 bridgehead atoms. The zero-order chi connectivity index (χ0) is 32.2. The second-order valence-corrected chi connectivity index (χ2v) is 11.3. The van der Waals surface area contributed by atoms with Gasteiger partial charge in [0.1, 0.15) is 36.8 Å². The van der Waals surface area contributed by atoms with Gasteiger partial charge in [0, 0.05) is 19.9 Å². The third-order valence-electron chi connectivity index (χ3n) is 7.61. The van der Waals surface area contributed by atoms with Crippen molar-refractivity contribution in [1.82, 2.24) is 20.9 Å². The predicted octanol–water partition coefficient (Wildman–Crippen LogP) is 3.46. The van der Waals surface area contributed by atoms with E-state index in [4.69, 9.17) is 9.47 Å². The number of hydrogen-bond donors (Lipinski definition) is 3. The third-order valence-corrected chi connectivity index (χ3v) is 7.61. The molecule has 3 aromatic rings. The molecule has 2 atom stereocenters. The Labute approximate surface area is 264 Å². The third kappa shape index (κ3) is 9.82. The molecule has 4 rings (SSSR count). The van der Waals surface area contributed by atoms with E-state index in [-0.39, 0.29) is 50.6 Å². The molecule has 3 aromatic carbocycles. The van der Waals surface area contributed by atoms with E-state index >= 15 is 0 Å². The summed E-state index contributed by atoms with van der Waals surface area (Å²) in [5, 5.41) is 8.43. The van der Waals surface area contributed by atoms with Crippen molar-refractivity contribution in [2.45, 2.75) is 51.1 Å². The predicted molar refractivity (Wildman–Crippen MR) is 171 cm³/mol. The van der Waals surface area contributed by atoms with Crippen LogP contribution < -0.4 is 25.4 Å². The van der Waals surface area contributed by atoms with Crippen molar-refractivity contribution in [3.8, 4) is 11.5 Å². The number of ether oxygens (including phenoxy) is 2. The summed E-state index contributed by atoms with van der Waals surface area (Å²) in [6.45, 7) is 5.03. The Morgan fingerprint density at radius 3 is 2.42 bits per heavy atom. The Hall–Kier alpha value is -4.86. The summed E-state index contributed by atoms with van der Waals surface area (Å²) in [6.07, 6.45) is 0.240. The van der Waals surface area contributed by atoms with E-state index in [0.717, 1.165) is 5.56 Å². The Morgan fingerprint density at radius 1 is 0.978 bits per heavy atom. The number of benzene rings is 3. The fourth-order valence-corrected chi connectivity index (χ4v) is 4.96. The summed E-state index contributed by atoms with van der Waals surface area (Å²) >= 11 is 0. The van der Waals surface area contributed by atoms with Crippen molar-refractivity contribution in [2.75, 3.05) is 33.4 Å². The van der Waals surface area contributed by atoms with E-state index in [0.29, 0.717) is 23.8 Å². The number of fused-ring (bicyclic) bond motifs is 1. The number of nitrogens with zero attached hydrogens (tertiary/aromatic N) is 1. The smallest absolute Gasteiger partial charge is 0.255 e. The van der Waals surface area contributed by atoms with Gasteiger partial charge in [-0.1, -0.05) is 68.4 Å². The second-order valence-electron chi connectivity index (χ2n) is 11.3. The average molecular weight is 615 g/mol. The normalized spacial score (nSPS) is 18.0. The van der Waals surface area contributed by atoms with Crippen molar-refractivity contribution < 1.29 is 28.7 Å². The van der Waals surface area contributed by atoms with Gasteiger partial charge in [-0.05, 0) is 47.7 Å². The highest BCUT2D eigenvalue weighted by Gasteiger charge is 2.28. The molecule has 0 aromatic heterocycles. The van der Waals surface area contributed by atoms with E-state index in [1.165, 1.54) is 10.5 Å². The van der Waals surface area contributed by atoms with E-state index in [1.807, 2.05) is 54.6 Å². The van der Waals surface area contributed by atoms with Crippen LogP contribution in [-0.4, -0.2) is 74.0 Å². The lowest BCUT2D eigenvalue weighted by Crippen LogP contribution is -2.50. The van der Waals surface area contributed by atoms with Crippen LogP contribution in [0.3, 0.4) is 0 Å². The maximum atomic E-state index is 13.4. The number of likely N-dealkylation sites (N-methyl/N-ethyl adjacent to an activating group) is 1. The Morgan fingerprint density at radius 2 is 1.69 bits per heavy atom. The topological polar surface area (TPSA) is 126 Å². The van der Waals surface area contributed by atoms with Crippen LogP contribution in [0.2, 0.25) is 0 Å². The van der Waals surface area contributed by atoms with Crippen LogP contribution in [0.1, 0.15) is 54.1 Å². The first-order valence-corrected chi connectivity index (χ1v) is 15.3. The molecular weight excluding hydrogens is 572 g/mol. The highest BCUT2D eigenvalue weighted by Crippen LogP contribution is 2.20. The lowest BCUT2D eigenvalue weighted by molar-refractivity contribution is -0.135. The molecule has 10 nitrogen and oxygen atoms in total. The Kier molecular flexibility index (Phi) is 12.0. The van der Waals surface area contributed by atoms with Crippen LogP contribution in [0.5, 0.6) is 11.5 Å². The summed E-state index contributed by atoms with van der Waals surface area (Å²) in [5.41, 5.74) is 2.35. The van der Waals surface area contributed by atoms with Crippen molar-refractivity contribution in [3.63, 3.8) is 0 Å². The number of nitrogens with one attached hydrogen (secondary N) is 3. The SMILES string of the molecule is CC(C)c1ccc(OCCNC(=O)[C@@H]2CCC(=O)N[C@H](Cc3ccccc3)C(=O)N(C)CCOc3ccccc3C(=O)N2)cc1. The highest BCUT2D eigenvalue weighted by atomic mass is 16.5. The van der Waals surface area contributed by atoms with Gasteiger partial charge in [-0.3, -0.25) is 19.2 Å². The van der Waals surface area contributed by atoms with Gasteiger partial charge < -0.3 is 30.3 Å². The molecular formula is C35H42N4O6. The first-order valence-electron chi connectivity index (χ1n) is 15.3. The van der Waals surface area contributed by atoms with Crippen LogP contribution in [0.15, 0.2) is 78.9 Å². The Balaban J connectivity index is 1.46. The number of rotatable bonds is 8. The molecule has 0 radical (unpaired) electrons. The standard InChI is InChI=1S/C35H42N4O6/c1-24(2)26-13-15-27(16-14-26)44-21-19-36-34(42)29-17-18-32(40)37-30(23-25-9-5-4-6-10-25)35(43)39(3)20-22-45-31-12-8-7-11-28(31)33(41)38-29/h4-16,24,29-30H,17-23H2,1-3H3,(H,36,42)(H,37,40)(H,38,41)/t29-,30+/m0/s1. The molecule has 4 amide bonds. The molecule has 1 aliphatic rings. The first kappa shape index (κ1) is 33.0. The van der Waals surface area contributed by atoms with Crippen molar-refractivity contribution in [2.24, 2.45) is 0 Å². The van der Waals surface area contributed by atoms with Crippen LogP contribution >= 0.6 is 0 Å². The molecule has 0 spiro atoms. The molecule has 1 aliphatic heterocycles. The highest BCUT2D eigenvalue weighted by molar-refractivity contribution is 5.99. The minimum Gasteiger partial charge on any atom is -0.492 e. The molecule has 45 heavy (non-hydrogen) atoms. The zero-order valence-electron chi connectivity index (χ0n) is 26.1. The van der Waals surface area contributed by atoms with Crippen molar-refractivity contribution in [1.29, 1.82) is 0 Å². The van der Waals surface area contributed by atoms with Gasteiger partial charge in [-0.25, -0.2) is 0 Å². The average Bonchev–Trinajstić information content (AvgIpc) is 3.04. The fraction of sp³-hybridized carbons (Fsp3) is 0.371. The molecule has 0 unspecified atom stereocenters. The van der Waals surface area contributed by atoms with E-state index in [2.05, 4.69) is 29.8 Å². The first-order chi connectivity index (χ1) is 21.7. The van der Waals surface area contributed by atoms with Crippen molar-refractivity contribution in [3.05, 3.63) is 95.6 Å². The summed E-state index contributed by atoms with van der Waals surface area (Å²) < 4.78 is 11.7. The lowest BCUT2D eigenvalue weighted by atomic mass is 10.0. The number of carbonyl (C=O) groups excluding carboxylic acids is 4. The van der Waals surface area contributed by atoms with Gasteiger partial charge in [0.25, 0.3) is 5.91 Å². The van der Waals surface area contributed by atoms with Crippen LogP contribution in [0, 0.1) is 0 Å². The van der Waals surface area contributed by atoms with E-state index in [9.17, 15) is 19.2 Å². The molecule has 0 aliphatic carbocycles. The maximum Gasteiger partial charge on any atom is 0.255 e. The second kappa shape index (κ2) is 16.3. The van der Waals surface area contributed by atoms with Gasteiger partial charge in [0.2, 0.25) is 17.7 Å². The largest absolute Gasteiger partial charge is 0.492 e. The molecule has 0 fully saturated rings. The molecule has 238 valence electrons. The van der Waals surface area contributed by atoms with Gasteiger partial charge >= 0.3 is 0 Å². The van der Waals surface area contributed by atoms with Gasteiger partial charge in [-0.2, -0.15) is 0 Å². The summed E-state index contributed by atoms with van der Waals surface area (Å²) in [6, 6.07) is 22.1. The minimum absolute atomic E-state index is 0.0199. The van der Waals surface area contributed by atoms with Crippen molar-refractivity contribution >= 4 is 23.6 Å². The molecule has 3 N–H and O–H groups in total. The number of hydrogen-bond acceptors (Lipinski definition) is 6. The van der Waals surface area contributed by atoms with Crippen LogP contribution in [-0.2, 0) is 20.8 Å². The summed E-state index contributed by atoms with van der Waals surface area (Å²) in [5.74, 6) is -0.185. The van der Waals surface area contributed by atoms with Gasteiger partial charge in [-0.15, -0.1) is 0 Å². The lowest BCUT2D eigenvalue weighted by Gasteiger charge is -2.25. The number of carbonyl (C=O) groups is 4. The maximum absolute atomic E-state index is 13.4. The summed E-state index contributed by atoms with van der Waals surface area (Å²) in [4.78, 5) is 54.7. The molecule has 1 heterocycles. The fourth-order valence-electron chi connectivity index (χ4n) is 4.96.